The van der Waals surface area contributed by atoms with Crippen molar-refractivity contribution in [3.63, 3.8) is 0 Å². The first kappa shape index (κ1) is 13.4. The second-order valence-electron chi connectivity index (χ2n) is 4.69. The minimum absolute atomic E-state index is 0.125. The van der Waals surface area contributed by atoms with Gasteiger partial charge in [-0.15, -0.1) is 0 Å². The van der Waals surface area contributed by atoms with Crippen LogP contribution in [0.1, 0.15) is 12.5 Å². The summed E-state index contributed by atoms with van der Waals surface area (Å²) >= 11 is 0. The lowest BCUT2D eigenvalue weighted by molar-refractivity contribution is -0.145. The molecule has 0 aromatic heterocycles. The van der Waals surface area contributed by atoms with Crippen LogP contribution >= 0.6 is 0 Å². The summed E-state index contributed by atoms with van der Waals surface area (Å²) < 4.78 is 4.59. The van der Waals surface area contributed by atoms with Gasteiger partial charge in [-0.25, -0.2) is 4.79 Å². The Hall–Kier alpha value is -2.04. The number of nitrogens with one attached hydrogen (secondary N) is 2. The van der Waals surface area contributed by atoms with Crippen molar-refractivity contribution in [2.45, 2.75) is 19.4 Å². The summed E-state index contributed by atoms with van der Waals surface area (Å²) in [7, 11) is 1.31. The Bertz CT molecular complexity index is 487. The summed E-state index contributed by atoms with van der Waals surface area (Å²) in [5.41, 5.74) is 2.20. The van der Waals surface area contributed by atoms with Gasteiger partial charge in [-0.05, 0) is 25.0 Å². The molecule has 1 aromatic rings. The molecule has 5 heteroatoms. The molecule has 1 aliphatic rings. The van der Waals surface area contributed by atoms with Crippen LogP contribution < -0.4 is 10.6 Å². The van der Waals surface area contributed by atoms with E-state index in [9.17, 15) is 9.59 Å². The molecule has 0 bridgehead atoms. The number of rotatable bonds is 3. The van der Waals surface area contributed by atoms with Crippen molar-refractivity contribution < 1.29 is 14.3 Å². The molecule has 0 spiro atoms. The molecule has 19 heavy (non-hydrogen) atoms. The molecule has 1 unspecified atom stereocenters. The number of fused-ring (bicyclic) bond motifs is 1. The van der Waals surface area contributed by atoms with Gasteiger partial charge in [-0.2, -0.15) is 0 Å². The van der Waals surface area contributed by atoms with Gasteiger partial charge in [0, 0.05) is 12.2 Å². The second kappa shape index (κ2) is 5.73. The summed E-state index contributed by atoms with van der Waals surface area (Å²) in [4.78, 5) is 23.4. The van der Waals surface area contributed by atoms with Gasteiger partial charge in [0.1, 0.15) is 6.04 Å². The third-order valence-electron chi connectivity index (χ3n) is 3.31. The van der Waals surface area contributed by atoms with Gasteiger partial charge in [-0.3, -0.25) is 4.79 Å². The molecular weight excluding hydrogens is 244 g/mol. The van der Waals surface area contributed by atoms with Crippen molar-refractivity contribution in [2.24, 2.45) is 5.92 Å². The van der Waals surface area contributed by atoms with Crippen LogP contribution in [0.4, 0.5) is 5.69 Å². The van der Waals surface area contributed by atoms with Gasteiger partial charge in [0.25, 0.3) is 0 Å². The molecule has 2 atom stereocenters. The average Bonchev–Trinajstić information content (AvgIpc) is 2.45. The molecule has 0 aliphatic carbocycles. The number of carbonyl (C=O) groups excluding carboxylic acids is 2. The molecule has 5 nitrogen and oxygen atoms in total. The first-order chi connectivity index (χ1) is 9.11. The average molecular weight is 262 g/mol. The summed E-state index contributed by atoms with van der Waals surface area (Å²) in [5, 5.41) is 5.91. The van der Waals surface area contributed by atoms with Gasteiger partial charge in [0.15, 0.2) is 0 Å². The Balaban J connectivity index is 1.97. The zero-order valence-electron chi connectivity index (χ0n) is 11.1. The van der Waals surface area contributed by atoms with E-state index < -0.39 is 12.0 Å². The molecule has 0 saturated heterocycles. The van der Waals surface area contributed by atoms with E-state index in [0.717, 1.165) is 11.3 Å². The highest BCUT2D eigenvalue weighted by molar-refractivity contribution is 5.86. The van der Waals surface area contributed by atoms with Crippen LogP contribution in [0.2, 0.25) is 0 Å². The minimum Gasteiger partial charge on any atom is -0.467 e. The van der Waals surface area contributed by atoms with E-state index in [1.807, 2.05) is 24.3 Å². The molecule has 1 aliphatic heterocycles. The van der Waals surface area contributed by atoms with Gasteiger partial charge >= 0.3 is 5.97 Å². The maximum Gasteiger partial charge on any atom is 0.328 e. The summed E-state index contributed by atoms with van der Waals surface area (Å²) in [5.74, 6) is -0.723. The summed E-state index contributed by atoms with van der Waals surface area (Å²) in [6.07, 6.45) is 0.683. The second-order valence-corrected chi connectivity index (χ2v) is 4.69. The standard InChI is InChI=1S/C14H18N2O3/c1-9(14(18)19-2)16-13(17)11-7-10-5-3-4-6-12(10)15-8-11/h3-6,9,11,15H,7-8H2,1-2H3,(H,16,17)/t9-,11?/m0/s1. The Morgan fingerprint density at radius 1 is 1.42 bits per heavy atom. The van der Waals surface area contributed by atoms with Crippen molar-refractivity contribution in [1.82, 2.24) is 5.32 Å². The fourth-order valence-electron chi connectivity index (χ4n) is 2.19. The third-order valence-corrected chi connectivity index (χ3v) is 3.31. The number of carbonyl (C=O) groups is 2. The van der Waals surface area contributed by atoms with Gasteiger partial charge in [0.2, 0.25) is 5.91 Å². The van der Waals surface area contributed by atoms with E-state index >= 15 is 0 Å². The van der Waals surface area contributed by atoms with E-state index in [0.29, 0.717) is 13.0 Å². The molecule has 1 amide bonds. The van der Waals surface area contributed by atoms with Crippen LogP contribution in [-0.2, 0) is 20.7 Å². The number of ether oxygens (including phenoxy) is 1. The number of hydrogen-bond donors (Lipinski definition) is 2. The SMILES string of the molecule is COC(=O)[C@H](C)NC(=O)C1CNc2ccccc2C1. The fourth-order valence-corrected chi connectivity index (χ4v) is 2.19. The minimum atomic E-state index is -0.616. The molecule has 0 radical (unpaired) electrons. The van der Waals surface area contributed by atoms with Gasteiger partial charge < -0.3 is 15.4 Å². The molecule has 0 saturated carbocycles. The quantitative estimate of drug-likeness (QED) is 0.796. The first-order valence-electron chi connectivity index (χ1n) is 6.31. The van der Waals surface area contributed by atoms with Crippen LogP contribution in [0.25, 0.3) is 0 Å². The monoisotopic (exact) mass is 262 g/mol. The zero-order chi connectivity index (χ0) is 13.8. The van der Waals surface area contributed by atoms with Crippen LogP contribution in [0.15, 0.2) is 24.3 Å². The Kier molecular flexibility index (Phi) is 4.04. The Labute approximate surface area is 112 Å². The van der Waals surface area contributed by atoms with E-state index in [2.05, 4.69) is 15.4 Å². The lowest BCUT2D eigenvalue weighted by Crippen LogP contribution is -2.45. The molecule has 2 rings (SSSR count). The molecule has 1 aromatic carbocycles. The van der Waals surface area contributed by atoms with Crippen molar-refractivity contribution >= 4 is 17.6 Å². The normalized spacial score (nSPS) is 18.7. The number of methoxy groups -OCH3 is 1. The van der Waals surface area contributed by atoms with Crippen LogP contribution in [0.5, 0.6) is 0 Å². The zero-order valence-corrected chi connectivity index (χ0v) is 11.1. The molecule has 102 valence electrons. The Morgan fingerprint density at radius 2 is 2.16 bits per heavy atom. The number of benzene rings is 1. The van der Waals surface area contributed by atoms with Crippen LogP contribution in [0, 0.1) is 5.92 Å². The number of amides is 1. The third kappa shape index (κ3) is 3.05. The maximum absolute atomic E-state index is 12.1. The molecule has 1 heterocycles. The lowest BCUT2D eigenvalue weighted by atomic mass is 9.93. The van der Waals surface area contributed by atoms with Gasteiger partial charge in [0.05, 0.1) is 13.0 Å². The number of para-hydroxylation sites is 1. The van der Waals surface area contributed by atoms with Gasteiger partial charge in [-0.1, -0.05) is 18.2 Å². The van der Waals surface area contributed by atoms with Crippen molar-refractivity contribution in [2.75, 3.05) is 19.0 Å². The maximum atomic E-state index is 12.1. The van der Waals surface area contributed by atoms with Crippen molar-refractivity contribution in [3.8, 4) is 0 Å². The number of esters is 1. The predicted molar refractivity (Wildman–Crippen MR) is 71.7 cm³/mol. The molecular formula is C14H18N2O3. The smallest absolute Gasteiger partial charge is 0.328 e. The predicted octanol–water partition coefficient (Wildman–Crippen LogP) is 0.948. The van der Waals surface area contributed by atoms with Crippen LogP contribution in [-0.4, -0.2) is 31.6 Å². The largest absolute Gasteiger partial charge is 0.467 e. The highest BCUT2D eigenvalue weighted by Gasteiger charge is 2.26. The Morgan fingerprint density at radius 3 is 2.89 bits per heavy atom. The molecule has 0 fully saturated rings. The van der Waals surface area contributed by atoms with E-state index in [4.69, 9.17) is 0 Å². The summed E-state index contributed by atoms with van der Waals surface area (Å²) in [6.45, 7) is 2.20. The van der Waals surface area contributed by atoms with E-state index in [1.165, 1.54) is 7.11 Å². The number of hydrogen-bond acceptors (Lipinski definition) is 4. The van der Waals surface area contributed by atoms with E-state index in [-0.39, 0.29) is 11.8 Å². The summed E-state index contributed by atoms with van der Waals surface area (Å²) in [6, 6.07) is 7.31. The molecule has 2 N–H and O–H groups in total. The lowest BCUT2D eigenvalue weighted by Gasteiger charge is -2.26. The van der Waals surface area contributed by atoms with Crippen LogP contribution in [0.3, 0.4) is 0 Å². The highest BCUT2D eigenvalue weighted by atomic mass is 16.5. The van der Waals surface area contributed by atoms with Crippen molar-refractivity contribution in [1.29, 1.82) is 0 Å². The first-order valence-corrected chi connectivity index (χ1v) is 6.31. The highest BCUT2D eigenvalue weighted by Crippen LogP contribution is 2.24. The van der Waals surface area contributed by atoms with Crippen molar-refractivity contribution in [3.05, 3.63) is 29.8 Å². The topological polar surface area (TPSA) is 67.4 Å². The number of anilines is 1. The fraction of sp³-hybridized carbons (Fsp3) is 0.429. The van der Waals surface area contributed by atoms with E-state index in [1.54, 1.807) is 6.92 Å².